The van der Waals surface area contributed by atoms with Crippen LogP contribution in [0.25, 0.3) is 0 Å². The lowest BCUT2D eigenvalue weighted by molar-refractivity contribution is 0.527. The number of aryl methyl sites for hydroxylation is 1. The Morgan fingerprint density at radius 2 is 2.55 bits per heavy atom. The number of hydrogen-bond donors (Lipinski definition) is 0. The van der Waals surface area contributed by atoms with Crippen molar-refractivity contribution in [3.8, 4) is 12.3 Å². The van der Waals surface area contributed by atoms with Gasteiger partial charge in [-0.3, -0.25) is 0 Å². The van der Waals surface area contributed by atoms with Crippen LogP contribution in [-0.2, 0) is 0 Å². The predicted molar refractivity (Wildman–Crippen MR) is 47.6 cm³/mol. The van der Waals surface area contributed by atoms with E-state index < -0.39 is 0 Å². The first-order valence-electron chi connectivity index (χ1n) is 3.45. The largest absolute Gasteiger partial charge is 0.468 e. The Kier molecular flexibility index (Phi) is 3.13. The molecule has 1 aromatic rings. The minimum absolute atomic E-state index is 0.815. The van der Waals surface area contributed by atoms with Crippen molar-refractivity contribution in [2.75, 3.05) is 5.75 Å². The van der Waals surface area contributed by atoms with Crippen LogP contribution in [0.3, 0.4) is 0 Å². The minimum Gasteiger partial charge on any atom is -0.468 e. The summed E-state index contributed by atoms with van der Waals surface area (Å²) in [5, 5.41) is 0. The van der Waals surface area contributed by atoms with Crippen molar-refractivity contribution in [1.82, 2.24) is 0 Å². The fourth-order valence-electron chi connectivity index (χ4n) is 0.743. The van der Waals surface area contributed by atoms with E-state index in [1.54, 1.807) is 18.0 Å². The SMILES string of the molecule is C#CCCSc1ccoc1C. The average Bonchev–Trinajstić information content (AvgIpc) is 2.37. The summed E-state index contributed by atoms with van der Waals surface area (Å²) in [5.74, 6) is 4.55. The van der Waals surface area contributed by atoms with E-state index in [0.717, 1.165) is 17.9 Å². The van der Waals surface area contributed by atoms with Crippen LogP contribution in [0, 0.1) is 19.3 Å². The van der Waals surface area contributed by atoms with Crippen LogP contribution < -0.4 is 0 Å². The summed E-state index contributed by atoms with van der Waals surface area (Å²) in [6.45, 7) is 1.96. The molecule has 0 unspecified atom stereocenters. The highest BCUT2D eigenvalue weighted by Crippen LogP contribution is 2.23. The van der Waals surface area contributed by atoms with E-state index in [2.05, 4.69) is 5.92 Å². The van der Waals surface area contributed by atoms with Crippen molar-refractivity contribution in [3.63, 3.8) is 0 Å². The van der Waals surface area contributed by atoms with Crippen molar-refractivity contribution >= 4 is 11.8 Å². The Labute approximate surface area is 71.2 Å². The second kappa shape index (κ2) is 4.15. The Balaban J connectivity index is 2.40. The van der Waals surface area contributed by atoms with Crippen molar-refractivity contribution in [2.45, 2.75) is 18.2 Å². The van der Waals surface area contributed by atoms with Gasteiger partial charge in [-0.25, -0.2) is 0 Å². The summed E-state index contributed by atoms with van der Waals surface area (Å²) in [4.78, 5) is 1.19. The molecule has 0 spiro atoms. The molecule has 0 bridgehead atoms. The second-order valence-electron chi connectivity index (χ2n) is 2.14. The topological polar surface area (TPSA) is 13.1 Å². The Morgan fingerprint density at radius 1 is 1.73 bits per heavy atom. The summed E-state index contributed by atoms with van der Waals surface area (Å²) in [5.41, 5.74) is 0. The molecule has 2 heteroatoms. The van der Waals surface area contributed by atoms with Crippen LogP contribution in [0.15, 0.2) is 21.6 Å². The summed E-state index contributed by atoms with van der Waals surface area (Å²) >= 11 is 1.74. The van der Waals surface area contributed by atoms with Crippen LogP contribution in [-0.4, -0.2) is 5.75 Å². The maximum Gasteiger partial charge on any atom is 0.114 e. The van der Waals surface area contributed by atoms with Crippen molar-refractivity contribution in [2.24, 2.45) is 0 Å². The fraction of sp³-hybridized carbons (Fsp3) is 0.333. The molecule has 0 saturated heterocycles. The Morgan fingerprint density at radius 3 is 3.09 bits per heavy atom. The molecule has 0 aliphatic rings. The molecule has 0 saturated carbocycles. The summed E-state index contributed by atoms with van der Waals surface area (Å²) < 4.78 is 5.12. The van der Waals surface area contributed by atoms with Gasteiger partial charge in [-0.15, -0.1) is 24.1 Å². The molecular formula is C9H10OS. The van der Waals surface area contributed by atoms with Gasteiger partial charge in [0.25, 0.3) is 0 Å². The van der Waals surface area contributed by atoms with Gasteiger partial charge in [0.2, 0.25) is 0 Å². The second-order valence-corrected chi connectivity index (χ2v) is 3.28. The van der Waals surface area contributed by atoms with Gasteiger partial charge in [0.05, 0.1) is 6.26 Å². The molecule has 0 aliphatic carbocycles. The van der Waals surface area contributed by atoms with Gasteiger partial charge < -0.3 is 4.42 Å². The smallest absolute Gasteiger partial charge is 0.114 e. The molecule has 0 aliphatic heterocycles. The van der Waals surface area contributed by atoms with Crippen LogP contribution in [0.5, 0.6) is 0 Å². The van der Waals surface area contributed by atoms with Crippen LogP contribution in [0.2, 0.25) is 0 Å². The van der Waals surface area contributed by atoms with Gasteiger partial charge in [0.1, 0.15) is 5.76 Å². The molecule has 1 nitrogen and oxygen atoms in total. The third-order valence-corrected chi connectivity index (χ3v) is 2.46. The molecule has 11 heavy (non-hydrogen) atoms. The summed E-state index contributed by atoms with van der Waals surface area (Å²) in [6, 6.07) is 1.97. The molecule has 0 atom stereocenters. The minimum atomic E-state index is 0.815. The van der Waals surface area contributed by atoms with Crippen molar-refractivity contribution < 1.29 is 4.42 Å². The average molecular weight is 166 g/mol. The highest BCUT2D eigenvalue weighted by molar-refractivity contribution is 7.99. The first-order valence-corrected chi connectivity index (χ1v) is 4.43. The lowest BCUT2D eigenvalue weighted by atomic mass is 10.5. The van der Waals surface area contributed by atoms with Gasteiger partial charge in [-0.1, -0.05) is 0 Å². The molecule has 0 N–H and O–H groups in total. The van der Waals surface area contributed by atoms with Gasteiger partial charge in [0.15, 0.2) is 0 Å². The quantitative estimate of drug-likeness (QED) is 0.389. The first-order chi connectivity index (χ1) is 5.34. The highest BCUT2D eigenvalue weighted by Gasteiger charge is 1.99. The highest BCUT2D eigenvalue weighted by atomic mass is 32.2. The third kappa shape index (κ3) is 2.36. The van der Waals surface area contributed by atoms with Crippen LogP contribution in [0.1, 0.15) is 12.2 Å². The zero-order valence-corrected chi connectivity index (χ0v) is 7.28. The molecule has 0 amide bonds. The lowest BCUT2D eigenvalue weighted by Gasteiger charge is -1.93. The van der Waals surface area contributed by atoms with E-state index in [1.165, 1.54) is 4.90 Å². The summed E-state index contributed by atoms with van der Waals surface area (Å²) in [7, 11) is 0. The molecule has 0 radical (unpaired) electrons. The van der Waals surface area contributed by atoms with Crippen LogP contribution >= 0.6 is 11.8 Å². The molecule has 0 aromatic carbocycles. The van der Waals surface area contributed by atoms with Gasteiger partial charge >= 0.3 is 0 Å². The van der Waals surface area contributed by atoms with Crippen molar-refractivity contribution in [3.05, 3.63) is 18.1 Å². The van der Waals surface area contributed by atoms with E-state index in [1.807, 2.05) is 13.0 Å². The van der Waals surface area contributed by atoms with E-state index in [-0.39, 0.29) is 0 Å². The van der Waals surface area contributed by atoms with Gasteiger partial charge in [0, 0.05) is 17.1 Å². The number of furan rings is 1. The lowest BCUT2D eigenvalue weighted by Crippen LogP contribution is -1.75. The number of rotatable bonds is 3. The maximum atomic E-state index is 5.12. The number of terminal acetylenes is 1. The van der Waals surface area contributed by atoms with E-state index in [9.17, 15) is 0 Å². The third-order valence-electron chi connectivity index (χ3n) is 1.32. The zero-order chi connectivity index (χ0) is 8.10. The monoisotopic (exact) mass is 166 g/mol. The summed E-state index contributed by atoms with van der Waals surface area (Å²) in [6.07, 6.45) is 7.64. The van der Waals surface area contributed by atoms with E-state index in [0.29, 0.717) is 0 Å². The molecule has 1 rings (SSSR count). The van der Waals surface area contributed by atoms with E-state index >= 15 is 0 Å². The molecule has 0 fully saturated rings. The van der Waals surface area contributed by atoms with Gasteiger partial charge in [-0.2, -0.15) is 0 Å². The molecular weight excluding hydrogens is 156 g/mol. The molecule has 1 heterocycles. The van der Waals surface area contributed by atoms with E-state index in [4.69, 9.17) is 10.8 Å². The normalized spacial score (nSPS) is 9.45. The fourth-order valence-corrected chi connectivity index (χ4v) is 1.59. The molecule has 1 aromatic heterocycles. The Bertz CT molecular complexity index is 257. The first kappa shape index (κ1) is 8.29. The van der Waals surface area contributed by atoms with Crippen LogP contribution in [0.4, 0.5) is 0 Å². The standard InChI is InChI=1S/C9H10OS/c1-3-4-7-11-9-5-6-10-8(9)2/h1,5-6H,4,7H2,2H3. The Hall–Kier alpha value is -0.810. The molecule has 58 valence electrons. The zero-order valence-electron chi connectivity index (χ0n) is 6.46. The predicted octanol–water partition coefficient (Wildman–Crippen LogP) is 2.70. The number of thioether (sulfide) groups is 1. The maximum absolute atomic E-state index is 5.12. The van der Waals surface area contributed by atoms with Crippen molar-refractivity contribution in [1.29, 1.82) is 0 Å². The number of hydrogen-bond acceptors (Lipinski definition) is 2. The van der Waals surface area contributed by atoms with Gasteiger partial charge in [-0.05, 0) is 13.0 Å².